The highest BCUT2D eigenvalue weighted by atomic mass is 32.2. The van der Waals surface area contributed by atoms with E-state index in [2.05, 4.69) is 14.7 Å². The molecule has 0 fully saturated rings. The standard InChI is InChI=1S/C17H17N3O5S/c1-11-4-2-3-5-15(11)25-9-8-18-26(23,24)12-6-7-14-13(10-12)16(21)20-17(22)19-14/h2-7,10,18H,8-9H2,1H3,(H2,19,20,21,22). The van der Waals surface area contributed by atoms with Gasteiger partial charge in [-0.3, -0.25) is 9.78 Å². The van der Waals surface area contributed by atoms with Crippen LogP contribution in [-0.2, 0) is 10.0 Å². The van der Waals surface area contributed by atoms with E-state index in [4.69, 9.17) is 4.74 Å². The number of sulfonamides is 1. The number of hydrogen-bond donors (Lipinski definition) is 3. The third kappa shape index (κ3) is 3.84. The van der Waals surface area contributed by atoms with Gasteiger partial charge in [-0.2, -0.15) is 0 Å². The van der Waals surface area contributed by atoms with Crippen LogP contribution in [0.3, 0.4) is 0 Å². The number of rotatable bonds is 6. The van der Waals surface area contributed by atoms with Crippen molar-refractivity contribution in [2.75, 3.05) is 13.2 Å². The number of aromatic amines is 2. The second kappa shape index (κ2) is 7.14. The first-order valence-electron chi connectivity index (χ1n) is 7.81. The molecule has 0 saturated carbocycles. The van der Waals surface area contributed by atoms with Crippen molar-refractivity contribution in [3.8, 4) is 5.75 Å². The molecule has 0 amide bonds. The maximum Gasteiger partial charge on any atom is 0.326 e. The van der Waals surface area contributed by atoms with Crippen molar-refractivity contribution in [1.82, 2.24) is 14.7 Å². The Bertz CT molecular complexity index is 1160. The second-order valence-electron chi connectivity index (χ2n) is 5.63. The fourth-order valence-electron chi connectivity index (χ4n) is 2.45. The molecule has 1 heterocycles. The maximum absolute atomic E-state index is 12.4. The third-order valence-corrected chi connectivity index (χ3v) is 5.23. The Morgan fingerprint density at radius 2 is 1.85 bits per heavy atom. The highest BCUT2D eigenvalue weighted by molar-refractivity contribution is 7.89. The molecule has 0 bridgehead atoms. The molecule has 0 spiro atoms. The second-order valence-corrected chi connectivity index (χ2v) is 7.39. The van der Waals surface area contributed by atoms with Gasteiger partial charge in [0.05, 0.1) is 15.8 Å². The lowest BCUT2D eigenvalue weighted by Crippen LogP contribution is -2.28. The van der Waals surface area contributed by atoms with Gasteiger partial charge in [-0.05, 0) is 36.8 Å². The van der Waals surface area contributed by atoms with Crippen molar-refractivity contribution in [2.24, 2.45) is 0 Å². The highest BCUT2D eigenvalue weighted by Crippen LogP contribution is 2.16. The predicted octanol–water partition coefficient (Wildman–Crippen LogP) is 0.882. The Labute approximate surface area is 148 Å². The monoisotopic (exact) mass is 375 g/mol. The number of ether oxygens (including phenoxy) is 1. The van der Waals surface area contributed by atoms with Crippen molar-refractivity contribution in [1.29, 1.82) is 0 Å². The summed E-state index contributed by atoms with van der Waals surface area (Å²) in [6, 6.07) is 11.3. The van der Waals surface area contributed by atoms with E-state index in [-0.39, 0.29) is 29.0 Å². The number of aryl methyl sites for hydroxylation is 1. The Balaban J connectivity index is 1.72. The van der Waals surface area contributed by atoms with Crippen LogP contribution < -0.4 is 20.7 Å². The van der Waals surface area contributed by atoms with Crippen molar-refractivity contribution < 1.29 is 13.2 Å². The van der Waals surface area contributed by atoms with Crippen LogP contribution in [0.5, 0.6) is 5.75 Å². The summed E-state index contributed by atoms with van der Waals surface area (Å²) in [5, 5.41) is 0.0867. The Kier molecular flexibility index (Phi) is 4.92. The normalized spacial score (nSPS) is 11.6. The summed E-state index contributed by atoms with van der Waals surface area (Å²) in [7, 11) is -3.82. The van der Waals surface area contributed by atoms with E-state index in [1.807, 2.05) is 25.1 Å². The minimum absolute atomic E-state index is 0.0662. The van der Waals surface area contributed by atoms with Gasteiger partial charge in [-0.15, -0.1) is 0 Å². The average Bonchev–Trinajstić information content (AvgIpc) is 2.59. The van der Waals surface area contributed by atoms with Crippen molar-refractivity contribution in [2.45, 2.75) is 11.8 Å². The van der Waals surface area contributed by atoms with Crippen LogP contribution in [0.4, 0.5) is 0 Å². The van der Waals surface area contributed by atoms with Gasteiger partial charge in [-0.1, -0.05) is 18.2 Å². The summed E-state index contributed by atoms with van der Waals surface area (Å²) >= 11 is 0. The van der Waals surface area contributed by atoms with Gasteiger partial charge in [0.2, 0.25) is 10.0 Å². The summed E-state index contributed by atoms with van der Waals surface area (Å²) in [4.78, 5) is 27.5. The predicted molar refractivity (Wildman–Crippen MR) is 97.1 cm³/mol. The van der Waals surface area contributed by atoms with Crippen LogP contribution in [0.2, 0.25) is 0 Å². The average molecular weight is 375 g/mol. The molecule has 9 heteroatoms. The SMILES string of the molecule is Cc1ccccc1OCCNS(=O)(=O)c1ccc2[nH]c(=O)[nH]c(=O)c2c1. The van der Waals surface area contributed by atoms with E-state index in [0.717, 1.165) is 5.56 Å². The van der Waals surface area contributed by atoms with Crippen LogP contribution in [-0.4, -0.2) is 31.5 Å². The molecule has 2 aromatic carbocycles. The van der Waals surface area contributed by atoms with Crippen LogP contribution in [0.15, 0.2) is 56.9 Å². The van der Waals surface area contributed by atoms with Crippen LogP contribution in [0, 0.1) is 6.92 Å². The highest BCUT2D eigenvalue weighted by Gasteiger charge is 2.15. The quantitative estimate of drug-likeness (QED) is 0.552. The van der Waals surface area contributed by atoms with E-state index in [1.54, 1.807) is 6.07 Å². The molecule has 0 atom stereocenters. The first-order chi connectivity index (χ1) is 12.4. The molecule has 26 heavy (non-hydrogen) atoms. The zero-order valence-electron chi connectivity index (χ0n) is 13.9. The van der Waals surface area contributed by atoms with E-state index >= 15 is 0 Å². The van der Waals surface area contributed by atoms with Crippen LogP contribution in [0.25, 0.3) is 10.9 Å². The molecule has 3 rings (SSSR count). The number of para-hydroxylation sites is 1. The number of aromatic nitrogens is 2. The molecular formula is C17H17N3O5S. The molecule has 8 nitrogen and oxygen atoms in total. The molecule has 0 saturated heterocycles. The van der Waals surface area contributed by atoms with Gasteiger partial charge in [-0.25, -0.2) is 17.9 Å². The van der Waals surface area contributed by atoms with E-state index < -0.39 is 21.3 Å². The van der Waals surface area contributed by atoms with Gasteiger partial charge < -0.3 is 9.72 Å². The smallest absolute Gasteiger partial charge is 0.326 e. The summed E-state index contributed by atoms with van der Waals surface area (Å²) < 4.78 is 32.7. The summed E-state index contributed by atoms with van der Waals surface area (Å²) in [6.45, 7) is 2.12. The van der Waals surface area contributed by atoms with Crippen LogP contribution >= 0.6 is 0 Å². The summed E-state index contributed by atoms with van der Waals surface area (Å²) in [5.74, 6) is 0.688. The third-order valence-electron chi connectivity index (χ3n) is 3.77. The number of fused-ring (bicyclic) bond motifs is 1. The molecule has 1 aromatic heterocycles. The fraction of sp³-hybridized carbons (Fsp3) is 0.176. The number of H-pyrrole nitrogens is 2. The van der Waals surface area contributed by atoms with Gasteiger partial charge in [0.1, 0.15) is 12.4 Å². The number of nitrogens with one attached hydrogen (secondary N) is 3. The molecule has 0 aliphatic carbocycles. The molecule has 3 N–H and O–H groups in total. The van der Waals surface area contributed by atoms with E-state index in [0.29, 0.717) is 5.75 Å². The zero-order chi connectivity index (χ0) is 18.7. The first kappa shape index (κ1) is 17.9. The first-order valence-corrected chi connectivity index (χ1v) is 9.29. The molecule has 3 aromatic rings. The number of benzene rings is 2. The lowest BCUT2D eigenvalue weighted by Gasteiger charge is -2.10. The topological polar surface area (TPSA) is 121 Å². The van der Waals surface area contributed by atoms with Crippen LogP contribution in [0.1, 0.15) is 5.56 Å². The van der Waals surface area contributed by atoms with Gasteiger partial charge >= 0.3 is 5.69 Å². The van der Waals surface area contributed by atoms with Gasteiger partial charge in [0.25, 0.3) is 5.56 Å². The molecule has 136 valence electrons. The number of hydrogen-bond acceptors (Lipinski definition) is 5. The Morgan fingerprint density at radius 1 is 1.08 bits per heavy atom. The van der Waals surface area contributed by atoms with Gasteiger partial charge in [0, 0.05) is 6.54 Å². The summed E-state index contributed by atoms with van der Waals surface area (Å²) in [6.07, 6.45) is 0. The van der Waals surface area contributed by atoms with E-state index in [9.17, 15) is 18.0 Å². The molecule has 0 unspecified atom stereocenters. The lowest BCUT2D eigenvalue weighted by atomic mass is 10.2. The Hall–Kier alpha value is -2.91. The maximum atomic E-state index is 12.4. The Morgan fingerprint density at radius 3 is 2.62 bits per heavy atom. The van der Waals surface area contributed by atoms with Gasteiger partial charge in [0.15, 0.2) is 0 Å². The minimum Gasteiger partial charge on any atom is -0.492 e. The molecule has 0 radical (unpaired) electrons. The van der Waals surface area contributed by atoms with E-state index in [1.165, 1.54) is 18.2 Å². The van der Waals surface area contributed by atoms with Crippen molar-refractivity contribution >= 4 is 20.9 Å². The molecular weight excluding hydrogens is 358 g/mol. The largest absolute Gasteiger partial charge is 0.492 e. The zero-order valence-corrected chi connectivity index (χ0v) is 14.7. The van der Waals surface area contributed by atoms with Crippen molar-refractivity contribution in [3.05, 3.63) is 68.9 Å². The minimum atomic E-state index is -3.82. The molecule has 0 aliphatic heterocycles. The lowest BCUT2D eigenvalue weighted by molar-refractivity contribution is 0.320. The summed E-state index contributed by atoms with van der Waals surface area (Å²) in [5.41, 5.74) is -0.0769. The van der Waals surface area contributed by atoms with Crippen molar-refractivity contribution in [3.63, 3.8) is 0 Å². The molecule has 0 aliphatic rings. The fourth-order valence-corrected chi connectivity index (χ4v) is 3.49.